The van der Waals surface area contributed by atoms with Crippen LogP contribution in [0.1, 0.15) is 42.7 Å². The van der Waals surface area contributed by atoms with Crippen LogP contribution in [0.15, 0.2) is 53.4 Å². The molecule has 0 radical (unpaired) electrons. The normalized spacial score (nSPS) is 12.5. The van der Waals surface area contributed by atoms with Crippen LogP contribution in [0.2, 0.25) is 5.02 Å². The fourth-order valence-corrected chi connectivity index (χ4v) is 4.69. The number of esters is 1. The fourth-order valence-electron chi connectivity index (χ4n) is 3.01. The van der Waals surface area contributed by atoms with Crippen LogP contribution in [0.5, 0.6) is 0 Å². The van der Waals surface area contributed by atoms with Crippen LogP contribution in [0.3, 0.4) is 0 Å². The number of sulfonamides is 1. The number of rotatable bonds is 9. The lowest BCUT2D eigenvalue weighted by atomic mass is 10.1. The van der Waals surface area contributed by atoms with E-state index in [2.05, 4.69) is 0 Å². The van der Waals surface area contributed by atoms with Gasteiger partial charge in [-0.3, -0.25) is 4.79 Å². The highest BCUT2D eigenvalue weighted by molar-refractivity contribution is 7.89. The number of likely N-dealkylation sites (N-methyl/N-ethyl adjacent to an activating group) is 1. The number of benzene rings is 2. The minimum absolute atomic E-state index is 0.0435. The molecule has 0 aliphatic carbocycles. The molecule has 1 atom stereocenters. The molecule has 0 saturated carbocycles. The summed E-state index contributed by atoms with van der Waals surface area (Å²) in [6.07, 6.45) is 0. The molecule has 0 aromatic heterocycles. The lowest BCUT2D eigenvalue weighted by molar-refractivity contribution is -0.135. The van der Waals surface area contributed by atoms with E-state index >= 15 is 0 Å². The molecule has 0 heterocycles. The van der Waals surface area contributed by atoms with Gasteiger partial charge < -0.3 is 9.64 Å². The third-order valence-corrected chi connectivity index (χ3v) is 7.46. The van der Waals surface area contributed by atoms with E-state index in [1.54, 1.807) is 20.9 Å². The third-order valence-electron chi connectivity index (χ3n) is 5.08. The van der Waals surface area contributed by atoms with Crippen molar-refractivity contribution in [1.29, 1.82) is 0 Å². The zero-order valence-corrected chi connectivity index (χ0v) is 19.6. The molecule has 0 N–H and O–H groups in total. The van der Waals surface area contributed by atoms with E-state index in [1.165, 1.54) is 27.4 Å². The summed E-state index contributed by atoms with van der Waals surface area (Å²) in [5.41, 5.74) is 0.837. The molecule has 31 heavy (non-hydrogen) atoms. The van der Waals surface area contributed by atoms with E-state index in [-0.39, 0.29) is 21.5 Å². The number of halogens is 1. The van der Waals surface area contributed by atoms with Gasteiger partial charge in [0.25, 0.3) is 5.91 Å². The van der Waals surface area contributed by atoms with Gasteiger partial charge in [-0.1, -0.05) is 55.8 Å². The molecular formula is C22H27ClN2O5S. The summed E-state index contributed by atoms with van der Waals surface area (Å²) in [6.45, 7) is 5.42. The summed E-state index contributed by atoms with van der Waals surface area (Å²) in [4.78, 5) is 26.4. The van der Waals surface area contributed by atoms with Crippen molar-refractivity contribution in [3.8, 4) is 0 Å². The first-order valence-corrected chi connectivity index (χ1v) is 11.7. The number of carbonyl (C=O) groups is 2. The lowest BCUT2D eigenvalue weighted by Gasteiger charge is -2.25. The molecule has 1 unspecified atom stereocenters. The Bertz CT molecular complexity index is 1020. The Labute approximate surface area is 188 Å². The van der Waals surface area contributed by atoms with Gasteiger partial charge in [-0.25, -0.2) is 13.2 Å². The Morgan fingerprint density at radius 1 is 1.06 bits per heavy atom. The van der Waals surface area contributed by atoms with Crippen molar-refractivity contribution in [2.45, 2.75) is 31.7 Å². The summed E-state index contributed by atoms with van der Waals surface area (Å²) in [7, 11) is -2.15. The summed E-state index contributed by atoms with van der Waals surface area (Å²) in [5.74, 6) is -1.26. The van der Waals surface area contributed by atoms with Gasteiger partial charge in [0.2, 0.25) is 10.0 Å². The minimum atomic E-state index is -3.77. The Morgan fingerprint density at radius 3 is 2.26 bits per heavy atom. The molecule has 0 aliphatic heterocycles. The van der Waals surface area contributed by atoms with Crippen LogP contribution in [0.4, 0.5) is 0 Å². The highest BCUT2D eigenvalue weighted by atomic mass is 35.5. The number of amides is 1. The standard InChI is InChI=1S/C22H27ClN2O5S/c1-5-25(6-2)31(28,29)18-12-13-20(23)19(14-18)22(27)30-15-21(26)24(4)16(3)17-10-8-7-9-11-17/h7-14,16H,5-6,15H2,1-4H3. The van der Waals surface area contributed by atoms with Crippen molar-refractivity contribution >= 4 is 33.5 Å². The lowest BCUT2D eigenvalue weighted by Crippen LogP contribution is -2.33. The van der Waals surface area contributed by atoms with Crippen molar-refractivity contribution in [1.82, 2.24) is 9.21 Å². The van der Waals surface area contributed by atoms with Gasteiger partial charge in [0.05, 0.1) is 21.5 Å². The zero-order chi connectivity index (χ0) is 23.2. The van der Waals surface area contributed by atoms with Crippen molar-refractivity contribution in [2.24, 2.45) is 0 Å². The fraction of sp³-hybridized carbons (Fsp3) is 0.364. The number of hydrogen-bond acceptors (Lipinski definition) is 5. The molecule has 2 aromatic carbocycles. The van der Waals surface area contributed by atoms with Gasteiger partial charge >= 0.3 is 5.97 Å². The molecule has 0 aliphatic rings. The maximum Gasteiger partial charge on any atom is 0.340 e. The Hall–Kier alpha value is -2.42. The van der Waals surface area contributed by atoms with Gasteiger partial charge in [-0.05, 0) is 30.7 Å². The van der Waals surface area contributed by atoms with E-state index in [1.807, 2.05) is 37.3 Å². The molecule has 0 saturated heterocycles. The zero-order valence-electron chi connectivity index (χ0n) is 18.0. The highest BCUT2D eigenvalue weighted by Crippen LogP contribution is 2.24. The second kappa shape index (κ2) is 10.7. The third kappa shape index (κ3) is 5.84. The predicted octanol–water partition coefficient (Wildman–Crippen LogP) is 3.75. The maximum atomic E-state index is 12.7. The first kappa shape index (κ1) is 24.8. The Balaban J connectivity index is 2.12. The van der Waals surface area contributed by atoms with Crippen molar-refractivity contribution in [3.05, 3.63) is 64.7 Å². The molecule has 2 rings (SSSR count). The van der Waals surface area contributed by atoms with Crippen LogP contribution in [-0.2, 0) is 19.6 Å². The molecular weight excluding hydrogens is 440 g/mol. The molecule has 0 spiro atoms. The van der Waals surface area contributed by atoms with E-state index in [0.717, 1.165) is 5.56 Å². The van der Waals surface area contributed by atoms with E-state index in [0.29, 0.717) is 13.1 Å². The van der Waals surface area contributed by atoms with Gasteiger partial charge in [-0.15, -0.1) is 0 Å². The monoisotopic (exact) mass is 466 g/mol. The molecule has 168 valence electrons. The van der Waals surface area contributed by atoms with Crippen molar-refractivity contribution < 1.29 is 22.7 Å². The van der Waals surface area contributed by atoms with Crippen LogP contribution >= 0.6 is 11.6 Å². The Morgan fingerprint density at radius 2 is 1.68 bits per heavy atom. The minimum Gasteiger partial charge on any atom is -0.452 e. The first-order chi connectivity index (χ1) is 14.6. The summed E-state index contributed by atoms with van der Waals surface area (Å²) in [5, 5.41) is 0.0435. The summed E-state index contributed by atoms with van der Waals surface area (Å²) >= 11 is 6.09. The second-order valence-electron chi connectivity index (χ2n) is 6.90. The van der Waals surface area contributed by atoms with Gasteiger partial charge in [0.1, 0.15) is 0 Å². The predicted molar refractivity (Wildman–Crippen MR) is 119 cm³/mol. The molecule has 0 fully saturated rings. The molecule has 2 aromatic rings. The maximum absolute atomic E-state index is 12.7. The second-order valence-corrected chi connectivity index (χ2v) is 9.24. The average molecular weight is 467 g/mol. The Kier molecular flexibility index (Phi) is 8.61. The van der Waals surface area contributed by atoms with E-state index in [4.69, 9.17) is 16.3 Å². The summed E-state index contributed by atoms with van der Waals surface area (Å²) in [6, 6.07) is 13.1. The molecule has 0 bridgehead atoms. The van der Waals surface area contributed by atoms with Gasteiger partial charge in [0.15, 0.2) is 6.61 Å². The van der Waals surface area contributed by atoms with Gasteiger partial charge in [-0.2, -0.15) is 4.31 Å². The van der Waals surface area contributed by atoms with Crippen LogP contribution < -0.4 is 0 Å². The quantitative estimate of drug-likeness (QED) is 0.525. The number of nitrogens with zero attached hydrogens (tertiary/aromatic N) is 2. The summed E-state index contributed by atoms with van der Waals surface area (Å²) < 4.78 is 31.8. The molecule has 1 amide bonds. The topological polar surface area (TPSA) is 84.0 Å². The largest absolute Gasteiger partial charge is 0.452 e. The average Bonchev–Trinajstić information content (AvgIpc) is 2.77. The van der Waals surface area contributed by atoms with Crippen LogP contribution in [-0.4, -0.2) is 56.2 Å². The smallest absolute Gasteiger partial charge is 0.340 e. The first-order valence-electron chi connectivity index (χ1n) is 9.90. The van der Waals surface area contributed by atoms with Crippen LogP contribution in [0.25, 0.3) is 0 Å². The van der Waals surface area contributed by atoms with Crippen molar-refractivity contribution in [2.75, 3.05) is 26.7 Å². The van der Waals surface area contributed by atoms with E-state index in [9.17, 15) is 18.0 Å². The number of hydrogen-bond donors (Lipinski definition) is 0. The van der Waals surface area contributed by atoms with Crippen molar-refractivity contribution in [3.63, 3.8) is 0 Å². The van der Waals surface area contributed by atoms with Gasteiger partial charge in [0, 0.05) is 20.1 Å². The SMILES string of the molecule is CCN(CC)S(=O)(=O)c1ccc(Cl)c(C(=O)OCC(=O)N(C)C(C)c2ccccc2)c1. The van der Waals surface area contributed by atoms with Crippen LogP contribution in [0, 0.1) is 0 Å². The molecule has 9 heteroatoms. The number of ether oxygens (including phenoxy) is 1. The molecule has 7 nitrogen and oxygen atoms in total. The van der Waals surface area contributed by atoms with E-state index < -0.39 is 28.5 Å². The number of carbonyl (C=O) groups excluding carboxylic acids is 2. The highest BCUT2D eigenvalue weighted by Gasteiger charge is 2.25.